The van der Waals surface area contributed by atoms with Gasteiger partial charge < -0.3 is 14.8 Å². The fourth-order valence-corrected chi connectivity index (χ4v) is 2.01. The Morgan fingerprint density at radius 2 is 2.25 bits per heavy atom. The first kappa shape index (κ1) is 11.7. The van der Waals surface area contributed by atoms with Crippen LogP contribution in [0.25, 0.3) is 0 Å². The minimum Gasteiger partial charge on any atom is -0.497 e. The molecule has 0 bridgehead atoms. The van der Waals surface area contributed by atoms with Crippen molar-refractivity contribution >= 4 is 21.6 Å². The molecule has 1 fully saturated rings. The molecule has 1 aliphatic rings. The van der Waals surface area contributed by atoms with Gasteiger partial charge in [0.1, 0.15) is 5.75 Å². The van der Waals surface area contributed by atoms with Crippen molar-refractivity contribution in [1.29, 1.82) is 0 Å². The van der Waals surface area contributed by atoms with Crippen LogP contribution in [0.4, 0.5) is 5.69 Å². The lowest BCUT2D eigenvalue weighted by atomic mass is 9.89. The molecule has 3 nitrogen and oxygen atoms in total. The fraction of sp³-hybridized carbons (Fsp3) is 0.500. The van der Waals surface area contributed by atoms with Gasteiger partial charge in [0.25, 0.3) is 0 Å². The van der Waals surface area contributed by atoms with Crippen LogP contribution in [0.15, 0.2) is 22.7 Å². The summed E-state index contributed by atoms with van der Waals surface area (Å²) in [7, 11) is 1.67. The number of methoxy groups -OCH3 is 1. The maximum Gasteiger partial charge on any atom is 0.121 e. The third kappa shape index (κ3) is 2.50. The van der Waals surface area contributed by atoms with E-state index in [4.69, 9.17) is 9.47 Å². The summed E-state index contributed by atoms with van der Waals surface area (Å²) in [4.78, 5) is 0. The van der Waals surface area contributed by atoms with E-state index < -0.39 is 0 Å². The smallest absolute Gasteiger partial charge is 0.121 e. The van der Waals surface area contributed by atoms with Gasteiger partial charge in [-0.3, -0.25) is 0 Å². The van der Waals surface area contributed by atoms with E-state index >= 15 is 0 Å². The average Bonchev–Trinajstić information content (AvgIpc) is 2.25. The molecule has 1 heterocycles. The predicted molar refractivity (Wildman–Crippen MR) is 68.1 cm³/mol. The van der Waals surface area contributed by atoms with E-state index in [1.165, 1.54) is 0 Å². The zero-order valence-electron chi connectivity index (χ0n) is 9.55. The Morgan fingerprint density at radius 3 is 2.81 bits per heavy atom. The Labute approximate surface area is 104 Å². The fourth-order valence-electron chi connectivity index (χ4n) is 1.63. The monoisotopic (exact) mass is 285 g/mol. The Balaban J connectivity index is 2.02. The van der Waals surface area contributed by atoms with Crippen LogP contribution in [0, 0.1) is 5.41 Å². The molecule has 1 aromatic carbocycles. The largest absolute Gasteiger partial charge is 0.497 e. The lowest BCUT2D eigenvalue weighted by molar-refractivity contribution is -0.0924. The summed E-state index contributed by atoms with van der Waals surface area (Å²) in [5, 5.41) is 3.42. The van der Waals surface area contributed by atoms with Crippen LogP contribution in [-0.4, -0.2) is 26.9 Å². The SMILES string of the molecule is COc1ccc(Br)c(NCC2(C)COC2)c1. The number of rotatable bonds is 4. The molecule has 1 aromatic rings. The molecule has 0 aromatic heterocycles. The van der Waals surface area contributed by atoms with Gasteiger partial charge in [-0.05, 0) is 28.1 Å². The quantitative estimate of drug-likeness (QED) is 0.923. The van der Waals surface area contributed by atoms with Crippen LogP contribution >= 0.6 is 15.9 Å². The molecule has 0 amide bonds. The summed E-state index contributed by atoms with van der Waals surface area (Å²) in [5.74, 6) is 0.862. The number of hydrogen-bond acceptors (Lipinski definition) is 3. The Hall–Kier alpha value is -0.740. The predicted octanol–water partition coefficient (Wildman–Crippen LogP) is 2.91. The Kier molecular flexibility index (Phi) is 3.40. The van der Waals surface area contributed by atoms with Crippen LogP contribution in [0.1, 0.15) is 6.92 Å². The number of nitrogens with one attached hydrogen (secondary N) is 1. The van der Waals surface area contributed by atoms with E-state index in [2.05, 4.69) is 28.2 Å². The molecule has 16 heavy (non-hydrogen) atoms. The van der Waals surface area contributed by atoms with Crippen LogP contribution < -0.4 is 10.1 Å². The normalized spacial score (nSPS) is 17.7. The summed E-state index contributed by atoms with van der Waals surface area (Å²) in [5.41, 5.74) is 1.33. The maximum absolute atomic E-state index is 5.23. The van der Waals surface area contributed by atoms with Crippen LogP contribution in [0.2, 0.25) is 0 Å². The standard InChI is InChI=1S/C12H16BrNO2/c1-12(7-16-8-12)6-14-11-5-9(15-2)3-4-10(11)13/h3-5,14H,6-8H2,1-2H3. The zero-order chi connectivity index (χ0) is 11.6. The van der Waals surface area contributed by atoms with Gasteiger partial charge in [0.2, 0.25) is 0 Å². The molecule has 0 atom stereocenters. The molecule has 4 heteroatoms. The number of benzene rings is 1. The molecule has 1 aliphatic heterocycles. The highest BCUT2D eigenvalue weighted by molar-refractivity contribution is 9.10. The second-order valence-electron chi connectivity index (χ2n) is 4.50. The molecule has 0 unspecified atom stereocenters. The van der Waals surface area contributed by atoms with Crippen molar-refractivity contribution < 1.29 is 9.47 Å². The van der Waals surface area contributed by atoms with Crippen LogP contribution in [0.5, 0.6) is 5.75 Å². The highest BCUT2D eigenvalue weighted by atomic mass is 79.9. The zero-order valence-corrected chi connectivity index (χ0v) is 11.1. The molecule has 1 saturated heterocycles. The third-order valence-electron chi connectivity index (χ3n) is 2.78. The summed E-state index contributed by atoms with van der Waals surface area (Å²) < 4.78 is 11.5. The summed E-state index contributed by atoms with van der Waals surface area (Å²) in [6.07, 6.45) is 0. The van der Waals surface area contributed by atoms with Gasteiger partial charge in [-0.1, -0.05) is 6.92 Å². The summed E-state index contributed by atoms with van der Waals surface area (Å²) in [6.45, 7) is 4.81. The van der Waals surface area contributed by atoms with Gasteiger partial charge in [0.15, 0.2) is 0 Å². The van der Waals surface area contributed by atoms with E-state index in [-0.39, 0.29) is 5.41 Å². The first-order valence-electron chi connectivity index (χ1n) is 5.28. The molecule has 0 spiro atoms. The molecule has 0 radical (unpaired) electrons. The van der Waals surface area contributed by atoms with Gasteiger partial charge in [-0.2, -0.15) is 0 Å². The van der Waals surface area contributed by atoms with Gasteiger partial charge in [-0.25, -0.2) is 0 Å². The van der Waals surface area contributed by atoms with Crippen molar-refractivity contribution in [2.45, 2.75) is 6.92 Å². The van der Waals surface area contributed by atoms with E-state index in [0.717, 1.165) is 35.7 Å². The highest BCUT2D eigenvalue weighted by Crippen LogP contribution is 2.31. The van der Waals surface area contributed by atoms with Crippen LogP contribution in [0.3, 0.4) is 0 Å². The number of halogens is 1. The summed E-state index contributed by atoms with van der Waals surface area (Å²) >= 11 is 3.52. The summed E-state index contributed by atoms with van der Waals surface area (Å²) in [6, 6.07) is 5.91. The number of ether oxygens (including phenoxy) is 2. The van der Waals surface area contributed by atoms with Crippen molar-refractivity contribution in [2.75, 3.05) is 32.2 Å². The van der Waals surface area contributed by atoms with E-state index in [1.807, 2.05) is 18.2 Å². The minimum atomic E-state index is 0.266. The lowest BCUT2D eigenvalue weighted by Crippen LogP contribution is -2.45. The molecule has 2 rings (SSSR count). The molecule has 0 aliphatic carbocycles. The molecule has 0 saturated carbocycles. The molecular formula is C12H16BrNO2. The topological polar surface area (TPSA) is 30.5 Å². The van der Waals surface area contributed by atoms with Gasteiger partial charge in [0, 0.05) is 22.5 Å². The van der Waals surface area contributed by atoms with Crippen molar-refractivity contribution in [2.24, 2.45) is 5.41 Å². The Morgan fingerprint density at radius 1 is 1.50 bits per heavy atom. The molecule has 88 valence electrons. The first-order chi connectivity index (χ1) is 7.63. The van der Waals surface area contributed by atoms with Crippen molar-refractivity contribution in [3.8, 4) is 5.75 Å². The minimum absolute atomic E-state index is 0.266. The lowest BCUT2D eigenvalue weighted by Gasteiger charge is -2.38. The Bertz CT molecular complexity index is 377. The van der Waals surface area contributed by atoms with Crippen molar-refractivity contribution in [3.63, 3.8) is 0 Å². The molecular weight excluding hydrogens is 270 g/mol. The van der Waals surface area contributed by atoms with Gasteiger partial charge in [0.05, 0.1) is 26.0 Å². The van der Waals surface area contributed by atoms with Crippen molar-refractivity contribution in [1.82, 2.24) is 0 Å². The van der Waals surface area contributed by atoms with Gasteiger partial charge in [-0.15, -0.1) is 0 Å². The van der Waals surface area contributed by atoms with Crippen LogP contribution in [-0.2, 0) is 4.74 Å². The maximum atomic E-state index is 5.23. The highest BCUT2D eigenvalue weighted by Gasteiger charge is 2.33. The second kappa shape index (κ2) is 4.63. The average molecular weight is 286 g/mol. The van der Waals surface area contributed by atoms with E-state index in [9.17, 15) is 0 Å². The second-order valence-corrected chi connectivity index (χ2v) is 5.36. The van der Waals surface area contributed by atoms with Gasteiger partial charge >= 0.3 is 0 Å². The van der Waals surface area contributed by atoms with E-state index in [0.29, 0.717) is 0 Å². The number of anilines is 1. The number of hydrogen-bond donors (Lipinski definition) is 1. The first-order valence-corrected chi connectivity index (χ1v) is 6.07. The third-order valence-corrected chi connectivity index (χ3v) is 3.47. The molecule has 1 N–H and O–H groups in total. The van der Waals surface area contributed by atoms with Crippen molar-refractivity contribution in [3.05, 3.63) is 22.7 Å². The van der Waals surface area contributed by atoms with E-state index in [1.54, 1.807) is 7.11 Å².